The molecule has 1 heterocycles. The Kier molecular flexibility index (Phi) is 2.41. The average Bonchev–Trinajstić information content (AvgIpc) is 2.54. The summed E-state index contributed by atoms with van der Waals surface area (Å²) < 4.78 is 1.38. The van der Waals surface area contributed by atoms with E-state index >= 15 is 0 Å². The third kappa shape index (κ3) is 1.55. The van der Waals surface area contributed by atoms with Crippen LogP contribution in [-0.2, 0) is 6.61 Å². The quantitative estimate of drug-likeness (QED) is 0.579. The molecule has 0 aliphatic rings. The van der Waals surface area contributed by atoms with Gasteiger partial charge in [-0.2, -0.15) is 0 Å². The molecular weight excluding hydrogens is 208 g/mol. The normalized spacial score (nSPS) is 10.6. The number of phenolic OH excluding ortho intramolecular Hbond substituents is 1. The summed E-state index contributed by atoms with van der Waals surface area (Å²) in [6, 6.07) is 6.44. The number of hydrogen-bond donors (Lipinski definition) is 4. The highest BCUT2D eigenvalue weighted by Gasteiger charge is 2.13. The number of rotatable bonds is 2. The van der Waals surface area contributed by atoms with Crippen LogP contribution >= 0.6 is 0 Å². The van der Waals surface area contributed by atoms with E-state index in [9.17, 15) is 5.11 Å². The van der Waals surface area contributed by atoms with Gasteiger partial charge in [0.15, 0.2) is 5.82 Å². The van der Waals surface area contributed by atoms with Gasteiger partial charge >= 0.3 is 0 Å². The van der Waals surface area contributed by atoms with Crippen LogP contribution in [0.2, 0.25) is 0 Å². The van der Waals surface area contributed by atoms with E-state index in [1.165, 1.54) is 10.7 Å². The highest BCUT2D eigenvalue weighted by Crippen LogP contribution is 2.24. The maximum atomic E-state index is 9.34. The standard InChI is InChI=1S/C10H12N4O2/c11-9-8(5-15)10(12)14(13-9)6-2-1-3-7(16)4-6/h1-4,15-16H,5,12H2,(H2,11,13). The lowest BCUT2D eigenvalue weighted by atomic mass is 10.3. The van der Waals surface area contributed by atoms with Crippen LogP contribution < -0.4 is 11.5 Å². The Bertz CT molecular complexity index is 522. The minimum atomic E-state index is -0.267. The summed E-state index contributed by atoms with van der Waals surface area (Å²) >= 11 is 0. The molecule has 0 atom stereocenters. The molecular formula is C10H12N4O2. The first-order valence-corrected chi connectivity index (χ1v) is 4.66. The monoisotopic (exact) mass is 220 g/mol. The molecule has 2 rings (SSSR count). The number of aromatic hydroxyl groups is 1. The number of aliphatic hydroxyl groups excluding tert-OH is 1. The molecule has 0 unspecified atom stereocenters. The van der Waals surface area contributed by atoms with Crippen molar-refractivity contribution in [3.63, 3.8) is 0 Å². The van der Waals surface area contributed by atoms with Crippen LogP contribution in [0.3, 0.4) is 0 Å². The fourth-order valence-electron chi connectivity index (χ4n) is 1.46. The van der Waals surface area contributed by atoms with Crippen LogP contribution in [0.4, 0.5) is 11.6 Å². The van der Waals surface area contributed by atoms with Gasteiger partial charge in [-0.1, -0.05) is 6.07 Å². The van der Waals surface area contributed by atoms with Crippen molar-refractivity contribution >= 4 is 11.6 Å². The van der Waals surface area contributed by atoms with Crippen LogP contribution in [-0.4, -0.2) is 20.0 Å². The van der Waals surface area contributed by atoms with Gasteiger partial charge < -0.3 is 21.7 Å². The molecule has 1 aromatic carbocycles. The molecule has 0 bridgehead atoms. The van der Waals surface area contributed by atoms with Crippen LogP contribution in [0.5, 0.6) is 5.75 Å². The topological polar surface area (TPSA) is 110 Å². The maximum Gasteiger partial charge on any atom is 0.153 e. The molecule has 0 amide bonds. The van der Waals surface area contributed by atoms with Gasteiger partial charge in [-0.05, 0) is 12.1 Å². The van der Waals surface area contributed by atoms with Gasteiger partial charge in [-0.25, -0.2) is 4.68 Å². The Balaban J connectivity index is 2.56. The van der Waals surface area contributed by atoms with E-state index in [1.54, 1.807) is 18.2 Å². The van der Waals surface area contributed by atoms with E-state index in [2.05, 4.69) is 5.10 Å². The minimum absolute atomic E-state index is 0.108. The third-order valence-corrected chi connectivity index (χ3v) is 2.29. The van der Waals surface area contributed by atoms with Crippen molar-refractivity contribution in [3.05, 3.63) is 29.8 Å². The lowest BCUT2D eigenvalue weighted by molar-refractivity contribution is 0.283. The van der Waals surface area contributed by atoms with Gasteiger partial charge in [0.05, 0.1) is 17.9 Å². The van der Waals surface area contributed by atoms with Gasteiger partial charge in [-0.15, -0.1) is 5.10 Å². The molecule has 0 fully saturated rings. The van der Waals surface area contributed by atoms with Crippen molar-refractivity contribution < 1.29 is 10.2 Å². The number of hydrogen-bond acceptors (Lipinski definition) is 5. The van der Waals surface area contributed by atoms with Crippen molar-refractivity contribution in [2.24, 2.45) is 0 Å². The fourth-order valence-corrected chi connectivity index (χ4v) is 1.46. The Morgan fingerprint density at radius 2 is 2.06 bits per heavy atom. The Hall–Kier alpha value is -2.21. The second-order valence-electron chi connectivity index (χ2n) is 3.34. The Labute approximate surface area is 91.7 Å². The van der Waals surface area contributed by atoms with Gasteiger partial charge in [0.2, 0.25) is 0 Å². The molecule has 2 aromatic rings. The molecule has 16 heavy (non-hydrogen) atoms. The van der Waals surface area contributed by atoms with Gasteiger partial charge in [0.25, 0.3) is 0 Å². The predicted molar refractivity (Wildman–Crippen MR) is 60.0 cm³/mol. The summed E-state index contributed by atoms with van der Waals surface area (Å²) in [6.07, 6.45) is 0. The lowest BCUT2D eigenvalue weighted by Crippen LogP contribution is -2.02. The summed E-state index contributed by atoms with van der Waals surface area (Å²) in [5, 5.41) is 22.4. The predicted octanol–water partition coefficient (Wildman–Crippen LogP) is 0.235. The van der Waals surface area contributed by atoms with Crippen molar-refractivity contribution in [2.75, 3.05) is 11.5 Å². The summed E-state index contributed by atoms with van der Waals surface area (Å²) in [6.45, 7) is -0.267. The molecule has 0 aliphatic heterocycles. The molecule has 6 heteroatoms. The smallest absolute Gasteiger partial charge is 0.153 e. The molecule has 1 aromatic heterocycles. The minimum Gasteiger partial charge on any atom is -0.508 e. The first-order valence-electron chi connectivity index (χ1n) is 4.66. The van der Waals surface area contributed by atoms with Gasteiger partial charge in [0, 0.05) is 6.07 Å². The van der Waals surface area contributed by atoms with Crippen LogP contribution in [0.1, 0.15) is 5.56 Å². The Morgan fingerprint density at radius 1 is 1.31 bits per heavy atom. The molecule has 0 spiro atoms. The summed E-state index contributed by atoms with van der Waals surface area (Å²) in [4.78, 5) is 0. The maximum absolute atomic E-state index is 9.34. The molecule has 0 radical (unpaired) electrons. The highest BCUT2D eigenvalue weighted by atomic mass is 16.3. The van der Waals surface area contributed by atoms with Crippen LogP contribution in [0, 0.1) is 0 Å². The SMILES string of the molecule is Nc1nn(-c2cccc(O)c2)c(N)c1CO. The van der Waals surface area contributed by atoms with Crippen molar-refractivity contribution in [1.29, 1.82) is 0 Å². The summed E-state index contributed by atoms with van der Waals surface area (Å²) in [7, 11) is 0. The molecule has 6 nitrogen and oxygen atoms in total. The molecule has 0 saturated heterocycles. The Morgan fingerprint density at radius 3 is 2.62 bits per heavy atom. The third-order valence-electron chi connectivity index (χ3n) is 2.29. The molecule has 0 saturated carbocycles. The van der Waals surface area contributed by atoms with E-state index in [0.29, 0.717) is 11.3 Å². The van der Waals surface area contributed by atoms with E-state index in [0.717, 1.165) is 0 Å². The number of phenols is 1. The number of aromatic nitrogens is 2. The zero-order chi connectivity index (χ0) is 11.7. The molecule has 6 N–H and O–H groups in total. The number of aliphatic hydroxyl groups is 1. The number of nitrogens with two attached hydrogens (primary N) is 2. The number of anilines is 2. The van der Waals surface area contributed by atoms with Gasteiger partial charge in [0.1, 0.15) is 11.6 Å². The number of nitrogen functional groups attached to an aromatic ring is 2. The fraction of sp³-hybridized carbons (Fsp3) is 0.100. The summed E-state index contributed by atoms with van der Waals surface area (Å²) in [5.74, 6) is 0.561. The van der Waals surface area contributed by atoms with Crippen LogP contribution in [0.15, 0.2) is 24.3 Å². The van der Waals surface area contributed by atoms with E-state index in [-0.39, 0.29) is 24.0 Å². The molecule has 0 aliphatic carbocycles. The van der Waals surface area contributed by atoms with Crippen LogP contribution in [0.25, 0.3) is 5.69 Å². The van der Waals surface area contributed by atoms with Crippen molar-refractivity contribution in [3.8, 4) is 11.4 Å². The zero-order valence-electron chi connectivity index (χ0n) is 8.46. The second-order valence-corrected chi connectivity index (χ2v) is 3.34. The summed E-state index contributed by atoms with van der Waals surface area (Å²) in [5.41, 5.74) is 12.3. The first kappa shape index (κ1) is 10.3. The highest BCUT2D eigenvalue weighted by molar-refractivity contribution is 5.58. The average molecular weight is 220 g/mol. The molecule has 84 valence electrons. The van der Waals surface area contributed by atoms with E-state index in [1.807, 2.05) is 0 Å². The van der Waals surface area contributed by atoms with Gasteiger partial charge in [-0.3, -0.25) is 0 Å². The van der Waals surface area contributed by atoms with E-state index < -0.39 is 0 Å². The second kappa shape index (κ2) is 3.74. The number of benzene rings is 1. The number of nitrogens with zero attached hydrogens (tertiary/aromatic N) is 2. The van der Waals surface area contributed by atoms with Crippen molar-refractivity contribution in [1.82, 2.24) is 9.78 Å². The largest absolute Gasteiger partial charge is 0.508 e. The van der Waals surface area contributed by atoms with E-state index in [4.69, 9.17) is 16.6 Å². The first-order chi connectivity index (χ1) is 7.63. The van der Waals surface area contributed by atoms with Crippen molar-refractivity contribution in [2.45, 2.75) is 6.61 Å². The lowest BCUT2D eigenvalue weighted by Gasteiger charge is -2.04. The zero-order valence-corrected chi connectivity index (χ0v) is 8.46.